The number of ether oxygens (including phenoxy) is 1. The molecule has 0 aliphatic carbocycles. The standard InChI is InChI=1S/C15H18N2O4/c1-3-12(15(19)20)21-13-7-5-4-6-11(13)17-14(18)8-10(2)9-16-17/h4-7,9-10,12H,3,8H2,1-2H3,(H,19,20). The Morgan fingerprint density at radius 2 is 2.24 bits per heavy atom. The summed E-state index contributed by atoms with van der Waals surface area (Å²) in [6, 6.07) is 6.82. The fraction of sp³-hybridized carbons (Fsp3) is 0.400. The lowest BCUT2D eigenvalue weighted by Crippen LogP contribution is -2.33. The van der Waals surface area contributed by atoms with E-state index in [1.54, 1.807) is 37.4 Å². The van der Waals surface area contributed by atoms with Crippen molar-refractivity contribution < 1.29 is 19.4 Å². The first-order valence-corrected chi connectivity index (χ1v) is 6.88. The first kappa shape index (κ1) is 15.0. The van der Waals surface area contributed by atoms with Gasteiger partial charge in [0, 0.05) is 18.6 Å². The third kappa shape index (κ3) is 3.39. The number of nitrogens with zero attached hydrogens (tertiary/aromatic N) is 2. The van der Waals surface area contributed by atoms with Gasteiger partial charge < -0.3 is 9.84 Å². The van der Waals surface area contributed by atoms with Gasteiger partial charge in [-0.25, -0.2) is 4.79 Å². The molecule has 21 heavy (non-hydrogen) atoms. The van der Waals surface area contributed by atoms with Gasteiger partial charge in [0.25, 0.3) is 0 Å². The van der Waals surface area contributed by atoms with E-state index in [2.05, 4.69) is 5.10 Å². The first-order valence-electron chi connectivity index (χ1n) is 6.88. The van der Waals surface area contributed by atoms with E-state index in [4.69, 9.17) is 9.84 Å². The zero-order chi connectivity index (χ0) is 15.4. The van der Waals surface area contributed by atoms with E-state index in [0.29, 0.717) is 24.3 Å². The molecule has 112 valence electrons. The number of benzene rings is 1. The van der Waals surface area contributed by atoms with Crippen molar-refractivity contribution in [3.63, 3.8) is 0 Å². The second kappa shape index (κ2) is 6.39. The van der Waals surface area contributed by atoms with Crippen molar-refractivity contribution >= 4 is 23.8 Å². The molecule has 1 aromatic carbocycles. The van der Waals surface area contributed by atoms with Crippen LogP contribution in [0.2, 0.25) is 0 Å². The summed E-state index contributed by atoms with van der Waals surface area (Å²) in [7, 11) is 0. The lowest BCUT2D eigenvalue weighted by molar-refractivity contribution is -0.145. The van der Waals surface area contributed by atoms with Crippen LogP contribution in [-0.4, -0.2) is 29.3 Å². The number of aliphatic carboxylic acids is 1. The molecule has 1 aliphatic rings. The molecule has 2 rings (SSSR count). The molecule has 6 heteroatoms. The predicted molar refractivity (Wildman–Crippen MR) is 78.5 cm³/mol. The summed E-state index contributed by atoms with van der Waals surface area (Å²) in [4.78, 5) is 23.2. The van der Waals surface area contributed by atoms with Gasteiger partial charge in [-0.2, -0.15) is 10.1 Å². The van der Waals surface area contributed by atoms with E-state index >= 15 is 0 Å². The lowest BCUT2D eigenvalue weighted by atomic mass is 10.1. The molecule has 1 N–H and O–H groups in total. The number of carboxylic acids is 1. The second-order valence-electron chi connectivity index (χ2n) is 4.97. The Kier molecular flexibility index (Phi) is 4.57. The minimum absolute atomic E-state index is 0.101. The maximum Gasteiger partial charge on any atom is 0.344 e. The van der Waals surface area contributed by atoms with Crippen LogP contribution >= 0.6 is 0 Å². The monoisotopic (exact) mass is 290 g/mol. The molecule has 1 amide bonds. The van der Waals surface area contributed by atoms with Crippen molar-refractivity contribution in [2.24, 2.45) is 11.0 Å². The van der Waals surface area contributed by atoms with Crippen LogP contribution in [0.1, 0.15) is 26.7 Å². The number of amides is 1. The molecule has 0 saturated heterocycles. The van der Waals surface area contributed by atoms with Gasteiger partial charge in [-0.15, -0.1) is 0 Å². The number of anilines is 1. The number of carboxylic acid groups (broad SMARTS) is 1. The van der Waals surface area contributed by atoms with Crippen molar-refractivity contribution in [3.05, 3.63) is 24.3 Å². The molecule has 1 aliphatic heterocycles. The second-order valence-corrected chi connectivity index (χ2v) is 4.97. The lowest BCUT2D eigenvalue weighted by Gasteiger charge is -2.25. The van der Waals surface area contributed by atoms with E-state index < -0.39 is 12.1 Å². The quantitative estimate of drug-likeness (QED) is 0.902. The molecule has 0 spiro atoms. The Hall–Kier alpha value is -2.37. The molecule has 0 bridgehead atoms. The SMILES string of the molecule is CCC(Oc1ccccc1N1N=CC(C)CC1=O)C(=O)O. The number of carbonyl (C=O) groups excluding carboxylic acids is 1. The summed E-state index contributed by atoms with van der Waals surface area (Å²) in [5.74, 6) is -0.727. The van der Waals surface area contributed by atoms with Crippen molar-refractivity contribution in [2.75, 3.05) is 5.01 Å². The zero-order valence-electron chi connectivity index (χ0n) is 12.0. The van der Waals surface area contributed by atoms with Crippen LogP contribution in [0, 0.1) is 5.92 Å². The molecule has 0 saturated carbocycles. The van der Waals surface area contributed by atoms with Gasteiger partial charge in [0.2, 0.25) is 5.91 Å². The minimum atomic E-state index is -1.03. The Bertz CT molecular complexity index is 571. The van der Waals surface area contributed by atoms with Crippen LogP contribution in [0.3, 0.4) is 0 Å². The molecule has 2 atom stereocenters. The average Bonchev–Trinajstić information content (AvgIpc) is 2.45. The largest absolute Gasteiger partial charge is 0.479 e. The van der Waals surface area contributed by atoms with Crippen LogP contribution < -0.4 is 9.75 Å². The maximum atomic E-state index is 12.1. The highest BCUT2D eigenvalue weighted by Gasteiger charge is 2.26. The smallest absolute Gasteiger partial charge is 0.344 e. The molecule has 0 aromatic heterocycles. The highest BCUT2D eigenvalue weighted by Crippen LogP contribution is 2.31. The third-order valence-electron chi connectivity index (χ3n) is 3.18. The summed E-state index contributed by atoms with van der Waals surface area (Å²) < 4.78 is 5.52. The predicted octanol–water partition coefficient (Wildman–Crippen LogP) is 2.29. The molecule has 1 heterocycles. The van der Waals surface area contributed by atoms with Gasteiger partial charge in [0.1, 0.15) is 11.4 Å². The fourth-order valence-electron chi connectivity index (χ4n) is 2.05. The number of para-hydroxylation sites is 2. The van der Waals surface area contributed by atoms with E-state index in [9.17, 15) is 9.59 Å². The van der Waals surface area contributed by atoms with Gasteiger partial charge in [-0.1, -0.05) is 26.0 Å². The first-order chi connectivity index (χ1) is 10.0. The van der Waals surface area contributed by atoms with Crippen LogP contribution in [0.15, 0.2) is 29.4 Å². The molecule has 0 radical (unpaired) electrons. The molecule has 6 nitrogen and oxygen atoms in total. The van der Waals surface area contributed by atoms with Gasteiger partial charge >= 0.3 is 5.97 Å². The third-order valence-corrected chi connectivity index (χ3v) is 3.18. The summed E-state index contributed by atoms with van der Waals surface area (Å²) in [6.45, 7) is 3.64. The van der Waals surface area contributed by atoms with Crippen molar-refractivity contribution in [2.45, 2.75) is 32.8 Å². The van der Waals surface area contributed by atoms with Gasteiger partial charge in [0.05, 0.1) is 0 Å². The summed E-state index contributed by atoms with van der Waals surface area (Å²) in [5, 5.41) is 14.5. The molecular formula is C15H18N2O4. The van der Waals surface area contributed by atoms with Crippen LogP contribution in [0.25, 0.3) is 0 Å². The van der Waals surface area contributed by atoms with Gasteiger partial charge in [-0.05, 0) is 18.6 Å². The van der Waals surface area contributed by atoms with Crippen molar-refractivity contribution in [1.82, 2.24) is 0 Å². The van der Waals surface area contributed by atoms with E-state index in [0.717, 1.165) is 0 Å². The minimum Gasteiger partial charge on any atom is -0.479 e. The number of hydrogen-bond acceptors (Lipinski definition) is 4. The fourth-order valence-corrected chi connectivity index (χ4v) is 2.05. The molecule has 0 fully saturated rings. The molecule has 1 aromatic rings. The van der Waals surface area contributed by atoms with Crippen LogP contribution in [0.4, 0.5) is 5.69 Å². The van der Waals surface area contributed by atoms with Crippen LogP contribution in [0.5, 0.6) is 5.75 Å². The average molecular weight is 290 g/mol. The normalized spacial score (nSPS) is 19.4. The summed E-state index contributed by atoms with van der Waals surface area (Å²) in [5.41, 5.74) is 0.463. The zero-order valence-corrected chi connectivity index (χ0v) is 12.0. The Labute approximate surface area is 123 Å². The van der Waals surface area contributed by atoms with Crippen LogP contribution in [-0.2, 0) is 9.59 Å². The Morgan fingerprint density at radius 3 is 2.86 bits per heavy atom. The van der Waals surface area contributed by atoms with Crippen molar-refractivity contribution in [1.29, 1.82) is 0 Å². The summed E-state index contributed by atoms with van der Waals surface area (Å²) in [6.07, 6.45) is 1.45. The van der Waals surface area contributed by atoms with E-state index in [1.165, 1.54) is 5.01 Å². The van der Waals surface area contributed by atoms with Crippen molar-refractivity contribution in [3.8, 4) is 5.75 Å². The Balaban J connectivity index is 2.31. The molecular weight excluding hydrogens is 272 g/mol. The summed E-state index contributed by atoms with van der Waals surface area (Å²) >= 11 is 0. The number of hydrazone groups is 1. The highest BCUT2D eigenvalue weighted by molar-refractivity contribution is 5.98. The highest BCUT2D eigenvalue weighted by atomic mass is 16.5. The van der Waals surface area contributed by atoms with Gasteiger partial charge in [0.15, 0.2) is 6.10 Å². The number of carbonyl (C=O) groups is 2. The van der Waals surface area contributed by atoms with E-state index in [1.807, 2.05) is 6.92 Å². The molecule has 2 unspecified atom stereocenters. The number of hydrogen-bond donors (Lipinski definition) is 1. The maximum absolute atomic E-state index is 12.1. The Morgan fingerprint density at radius 1 is 1.52 bits per heavy atom. The number of rotatable bonds is 5. The van der Waals surface area contributed by atoms with E-state index in [-0.39, 0.29) is 11.8 Å². The van der Waals surface area contributed by atoms with Gasteiger partial charge in [-0.3, -0.25) is 4.79 Å². The topological polar surface area (TPSA) is 79.2 Å².